The number of carbonyl (C=O) groups is 1. The number of halogens is 1. The van der Waals surface area contributed by atoms with E-state index in [1.165, 1.54) is 24.3 Å². The van der Waals surface area contributed by atoms with E-state index in [-0.39, 0.29) is 16.6 Å². The molecular weight excluding hydrogens is 271 g/mol. The number of hydrogen-bond donors (Lipinski definition) is 0. The molecule has 1 heterocycles. The number of ketones is 1. The van der Waals surface area contributed by atoms with E-state index in [1.54, 1.807) is 18.2 Å². The zero-order valence-electron chi connectivity index (χ0n) is 11.2. The molecule has 0 saturated carbocycles. The standard InChI is InChI=1S/C17H11FO3/c1-10-2-7-13-15(8-10)21-9-14(17(13)20)16(19)11-3-5-12(18)6-4-11/h2-9H,1H3. The lowest BCUT2D eigenvalue weighted by Gasteiger charge is -2.03. The Kier molecular flexibility index (Phi) is 3.14. The van der Waals surface area contributed by atoms with E-state index in [1.807, 2.05) is 6.92 Å². The maximum absolute atomic E-state index is 12.9. The van der Waals surface area contributed by atoms with E-state index < -0.39 is 11.6 Å². The maximum Gasteiger partial charge on any atom is 0.203 e. The Balaban J connectivity index is 2.14. The highest BCUT2D eigenvalue weighted by molar-refractivity contribution is 6.09. The Bertz CT molecular complexity index is 892. The van der Waals surface area contributed by atoms with Gasteiger partial charge in [-0.3, -0.25) is 9.59 Å². The predicted octanol–water partition coefficient (Wildman–Crippen LogP) is 3.47. The van der Waals surface area contributed by atoms with E-state index in [0.717, 1.165) is 11.8 Å². The van der Waals surface area contributed by atoms with Crippen LogP contribution >= 0.6 is 0 Å². The molecule has 3 rings (SSSR count). The minimum Gasteiger partial charge on any atom is -0.463 e. The predicted molar refractivity (Wildman–Crippen MR) is 77.1 cm³/mol. The molecule has 0 atom stereocenters. The molecule has 2 aromatic carbocycles. The molecule has 0 saturated heterocycles. The SMILES string of the molecule is Cc1ccc2c(=O)c(C(=O)c3ccc(F)cc3)coc2c1. The third-order valence-corrected chi connectivity index (χ3v) is 3.28. The Morgan fingerprint density at radius 1 is 1.10 bits per heavy atom. The third-order valence-electron chi connectivity index (χ3n) is 3.28. The van der Waals surface area contributed by atoms with Gasteiger partial charge in [-0.1, -0.05) is 6.07 Å². The Morgan fingerprint density at radius 2 is 1.81 bits per heavy atom. The molecule has 4 heteroatoms. The number of aryl methyl sites for hydroxylation is 1. The summed E-state index contributed by atoms with van der Waals surface area (Å²) in [5, 5.41) is 0.355. The molecule has 0 amide bonds. The van der Waals surface area contributed by atoms with Gasteiger partial charge < -0.3 is 4.42 Å². The van der Waals surface area contributed by atoms with Crippen LogP contribution in [0.4, 0.5) is 4.39 Å². The fraction of sp³-hybridized carbons (Fsp3) is 0.0588. The zero-order valence-corrected chi connectivity index (χ0v) is 11.2. The van der Waals surface area contributed by atoms with E-state index in [4.69, 9.17) is 4.42 Å². The lowest BCUT2D eigenvalue weighted by molar-refractivity contribution is 0.103. The molecule has 0 radical (unpaired) electrons. The Labute approximate surface area is 119 Å². The molecule has 21 heavy (non-hydrogen) atoms. The molecule has 0 spiro atoms. The summed E-state index contributed by atoms with van der Waals surface area (Å²) in [6, 6.07) is 10.2. The summed E-state index contributed by atoms with van der Waals surface area (Å²) >= 11 is 0. The van der Waals surface area contributed by atoms with Crippen LogP contribution in [-0.4, -0.2) is 5.78 Å². The van der Waals surface area contributed by atoms with Crippen molar-refractivity contribution in [2.45, 2.75) is 6.92 Å². The monoisotopic (exact) mass is 282 g/mol. The molecule has 0 aliphatic heterocycles. The van der Waals surface area contributed by atoms with Crippen molar-refractivity contribution in [1.29, 1.82) is 0 Å². The quantitative estimate of drug-likeness (QED) is 0.676. The smallest absolute Gasteiger partial charge is 0.203 e. The average Bonchev–Trinajstić information content (AvgIpc) is 2.47. The molecule has 0 bridgehead atoms. The van der Waals surface area contributed by atoms with Crippen LogP contribution in [-0.2, 0) is 0 Å². The Morgan fingerprint density at radius 3 is 2.52 bits per heavy atom. The molecule has 0 aliphatic carbocycles. The molecular formula is C17H11FO3. The van der Waals surface area contributed by atoms with Crippen molar-refractivity contribution >= 4 is 16.8 Å². The van der Waals surface area contributed by atoms with Crippen molar-refractivity contribution in [3.05, 3.63) is 81.5 Å². The zero-order chi connectivity index (χ0) is 15.0. The van der Waals surface area contributed by atoms with Crippen LogP contribution in [0.5, 0.6) is 0 Å². The highest BCUT2D eigenvalue weighted by Gasteiger charge is 2.16. The molecule has 1 aromatic heterocycles. The minimum atomic E-state index is -0.480. The van der Waals surface area contributed by atoms with Gasteiger partial charge in [0.2, 0.25) is 5.43 Å². The highest BCUT2D eigenvalue weighted by atomic mass is 19.1. The molecule has 104 valence electrons. The van der Waals surface area contributed by atoms with Gasteiger partial charge in [-0.05, 0) is 48.9 Å². The lowest BCUT2D eigenvalue weighted by Crippen LogP contribution is -2.15. The third kappa shape index (κ3) is 2.36. The van der Waals surface area contributed by atoms with Gasteiger partial charge in [0, 0.05) is 5.56 Å². The molecule has 3 aromatic rings. The first kappa shape index (κ1) is 13.2. The van der Waals surface area contributed by atoms with Crippen LogP contribution in [0, 0.1) is 12.7 Å². The summed E-state index contributed by atoms with van der Waals surface area (Å²) in [5.41, 5.74) is 1.21. The average molecular weight is 282 g/mol. The lowest BCUT2D eigenvalue weighted by atomic mass is 10.0. The van der Waals surface area contributed by atoms with Crippen LogP contribution < -0.4 is 5.43 Å². The molecule has 0 N–H and O–H groups in total. The summed E-state index contributed by atoms with van der Waals surface area (Å²) in [6.07, 6.45) is 1.16. The summed E-state index contributed by atoms with van der Waals surface area (Å²) in [4.78, 5) is 24.7. The molecule has 0 fully saturated rings. The maximum atomic E-state index is 12.9. The van der Waals surface area contributed by atoms with Gasteiger partial charge in [0.05, 0.1) is 5.39 Å². The van der Waals surface area contributed by atoms with E-state index in [9.17, 15) is 14.0 Å². The van der Waals surface area contributed by atoms with Crippen LogP contribution in [0.1, 0.15) is 21.5 Å². The Hall–Kier alpha value is -2.75. The number of carbonyl (C=O) groups excluding carboxylic acids is 1. The van der Waals surface area contributed by atoms with Crippen molar-refractivity contribution in [2.24, 2.45) is 0 Å². The number of rotatable bonds is 2. The summed E-state index contributed by atoms with van der Waals surface area (Å²) < 4.78 is 18.3. The van der Waals surface area contributed by atoms with E-state index in [2.05, 4.69) is 0 Å². The first-order chi connectivity index (χ1) is 10.1. The van der Waals surface area contributed by atoms with Crippen molar-refractivity contribution in [3.8, 4) is 0 Å². The van der Waals surface area contributed by atoms with Crippen LogP contribution in [0.25, 0.3) is 11.0 Å². The van der Waals surface area contributed by atoms with Crippen LogP contribution in [0.2, 0.25) is 0 Å². The number of benzene rings is 2. The first-order valence-electron chi connectivity index (χ1n) is 6.39. The van der Waals surface area contributed by atoms with Gasteiger partial charge in [-0.15, -0.1) is 0 Å². The summed E-state index contributed by atoms with van der Waals surface area (Å²) in [6.45, 7) is 1.89. The van der Waals surface area contributed by atoms with Crippen LogP contribution in [0.3, 0.4) is 0 Å². The second-order valence-corrected chi connectivity index (χ2v) is 4.81. The normalized spacial score (nSPS) is 10.8. The van der Waals surface area contributed by atoms with Gasteiger partial charge in [-0.25, -0.2) is 4.39 Å². The van der Waals surface area contributed by atoms with Gasteiger partial charge in [0.1, 0.15) is 23.2 Å². The van der Waals surface area contributed by atoms with Gasteiger partial charge in [0.25, 0.3) is 0 Å². The van der Waals surface area contributed by atoms with E-state index in [0.29, 0.717) is 11.0 Å². The number of hydrogen-bond acceptors (Lipinski definition) is 3. The fourth-order valence-electron chi connectivity index (χ4n) is 2.15. The van der Waals surface area contributed by atoms with Crippen molar-refractivity contribution in [2.75, 3.05) is 0 Å². The fourth-order valence-corrected chi connectivity index (χ4v) is 2.15. The second kappa shape index (κ2) is 4.98. The molecule has 0 aliphatic rings. The van der Waals surface area contributed by atoms with Gasteiger partial charge in [-0.2, -0.15) is 0 Å². The summed E-state index contributed by atoms with van der Waals surface area (Å²) in [5.74, 6) is -0.918. The first-order valence-corrected chi connectivity index (χ1v) is 6.39. The largest absolute Gasteiger partial charge is 0.463 e. The van der Waals surface area contributed by atoms with Gasteiger partial charge in [0.15, 0.2) is 5.78 Å². The minimum absolute atomic E-state index is 0.0574. The molecule has 0 unspecified atom stereocenters. The highest BCUT2D eigenvalue weighted by Crippen LogP contribution is 2.15. The van der Waals surface area contributed by atoms with Crippen molar-refractivity contribution < 1.29 is 13.6 Å². The number of fused-ring (bicyclic) bond motifs is 1. The van der Waals surface area contributed by atoms with Crippen molar-refractivity contribution in [1.82, 2.24) is 0 Å². The van der Waals surface area contributed by atoms with Crippen LogP contribution in [0.15, 0.2) is 57.9 Å². The van der Waals surface area contributed by atoms with E-state index >= 15 is 0 Å². The summed E-state index contributed by atoms with van der Waals surface area (Å²) in [7, 11) is 0. The van der Waals surface area contributed by atoms with Crippen molar-refractivity contribution in [3.63, 3.8) is 0 Å². The molecule has 3 nitrogen and oxygen atoms in total. The topological polar surface area (TPSA) is 47.3 Å². The van der Waals surface area contributed by atoms with Gasteiger partial charge >= 0.3 is 0 Å². The second-order valence-electron chi connectivity index (χ2n) is 4.81.